The number of aryl methyl sites for hydroxylation is 5. The first-order valence-corrected chi connectivity index (χ1v) is 51.5. The van der Waals surface area contributed by atoms with Crippen LogP contribution < -0.4 is 0 Å². The number of nitrogens with zero attached hydrogens (tertiary/aromatic N) is 10. The monoisotopic (exact) mass is 1980 g/mol. The van der Waals surface area contributed by atoms with Gasteiger partial charge in [-0.05, 0) is 294 Å². The quantitative estimate of drug-likeness (QED) is 0.0408. The summed E-state index contributed by atoms with van der Waals surface area (Å²) in [5, 5.41) is 63.9. The van der Waals surface area contributed by atoms with Crippen molar-refractivity contribution in [1.82, 2.24) is 48.9 Å². The number of aliphatic hydroxyl groups is 1. The lowest BCUT2D eigenvalue weighted by atomic mass is 9.67. The van der Waals surface area contributed by atoms with Crippen LogP contribution in [0.3, 0.4) is 0 Å². The number of aldehydes is 2. The number of halogens is 1. The summed E-state index contributed by atoms with van der Waals surface area (Å²) in [6, 6.07) is 10.2. The van der Waals surface area contributed by atoms with E-state index in [1.54, 1.807) is 94.2 Å². The van der Waals surface area contributed by atoms with Gasteiger partial charge in [-0.1, -0.05) is 99.6 Å². The molecule has 3 atom stereocenters. The maximum Gasteiger partial charge on any atom is 0.490 e. The Hall–Kier alpha value is -8.66. The third-order valence-electron chi connectivity index (χ3n) is 26.1. The Morgan fingerprint density at radius 1 is 0.425 bits per heavy atom. The molecule has 0 amide bonds. The molecular weight excluding hydrogens is 1850 g/mol. The van der Waals surface area contributed by atoms with Crippen molar-refractivity contribution in [3.05, 3.63) is 175 Å². The van der Waals surface area contributed by atoms with Crippen LogP contribution in [0.25, 0.3) is 78.6 Å². The number of carboxylic acids is 1. The van der Waals surface area contributed by atoms with Gasteiger partial charge in [0.2, 0.25) is 0 Å². The van der Waals surface area contributed by atoms with Gasteiger partial charge in [-0.15, -0.1) is 0 Å². The molecule has 0 spiro atoms. The molecule has 10 aromatic heterocycles. The Balaban J connectivity index is 0.000000157. The van der Waals surface area contributed by atoms with Gasteiger partial charge in [0, 0.05) is 112 Å². The van der Waals surface area contributed by atoms with E-state index in [1.165, 1.54) is 42.8 Å². The molecule has 0 radical (unpaired) electrons. The summed E-state index contributed by atoms with van der Waals surface area (Å²) < 4.78 is 43.3. The molecule has 2 N–H and O–H groups in total. The molecule has 23 nitrogen and oxygen atoms in total. The second-order valence-corrected chi connectivity index (χ2v) is 47.2. The molecule has 1 fully saturated rings. The van der Waals surface area contributed by atoms with E-state index in [0.29, 0.717) is 33.6 Å². The number of rotatable bonds is 20. The lowest BCUT2D eigenvalue weighted by Gasteiger charge is -2.32. The fraction of sp³-hybridized carbons (Fsp3) is 0.519. The van der Waals surface area contributed by atoms with Crippen LogP contribution >= 0.6 is 72.6 Å². The van der Waals surface area contributed by atoms with Crippen LogP contribution in [0, 0.1) is 27.1 Å². The predicted octanol–water partition coefficient (Wildman–Crippen LogP) is 26.4. The number of carbonyl (C=O) groups is 5. The summed E-state index contributed by atoms with van der Waals surface area (Å²) in [5.41, 5.74) is 22.8. The summed E-state index contributed by atoms with van der Waals surface area (Å²) in [4.78, 5) is 59.2. The zero-order valence-corrected chi connectivity index (χ0v) is 89.1. The summed E-state index contributed by atoms with van der Waals surface area (Å²) in [6.45, 7) is 42.8. The van der Waals surface area contributed by atoms with Gasteiger partial charge >= 0.3 is 25.0 Å². The van der Waals surface area contributed by atoms with Crippen molar-refractivity contribution in [2.24, 2.45) is 62.3 Å². The fourth-order valence-corrected chi connectivity index (χ4v) is 20.9. The standard InChI is InChI=1S/C23H32N2O3S.C22H30N2O3S.C19H24N2O3S.C17H20N2OS.C14H25BO2.C9H7BrN2OS/c1-22(2,3)28-20(21(26)27-7)19-17(15-8-11-23(4,5)12-9-15)18(24-25(19)6)16-10-13-29-14-16;1-21(2,3)27-19(20(25)26)18-16(14-7-10-22(4,5)11-8-14)17(23-24(18)6)15-9-12-28-13-15;1-19(2)8-5-12(6-9-19)14-15(13-7-10-25-11-13)20-21(3)16(14)17(22)18(23)24-4;1-17(2)7-4-12(5-8-17)15-14(10-20)19(3)18-16(15)13-6-9-21-11-13;1-12(2)9-7-11(8-10-12)15-16-13(3,4)14(5,6)17-15;1-12-7(4-13)8(10)9(11-12)6-2-3-14-5-6/h8,10,13-14,20H,9,11-12H2,1-7H3;7,9,12-13,19H,8,10-11H2,1-6H3,(H,25,26);5,7,10-11,17,22H,6,8-9H2,1-4H3;4,6,9-11H,5,7-8H2,1-3H3;7H,8-10H2,1-6H3;2-5H,1H3. The number of allylic oxidation sites excluding steroid dienone is 10. The molecule has 11 heterocycles. The second-order valence-electron chi connectivity index (χ2n) is 42.5. The van der Waals surface area contributed by atoms with Gasteiger partial charge in [-0.2, -0.15) is 82.2 Å². The van der Waals surface area contributed by atoms with E-state index in [-0.39, 0.29) is 34.6 Å². The van der Waals surface area contributed by atoms with Crippen molar-refractivity contribution < 1.29 is 62.4 Å². The molecule has 0 bridgehead atoms. The molecule has 5 aliphatic carbocycles. The van der Waals surface area contributed by atoms with Gasteiger partial charge in [0.05, 0.1) is 58.2 Å². The van der Waals surface area contributed by atoms with Gasteiger partial charge in [-0.25, -0.2) is 14.4 Å². The van der Waals surface area contributed by atoms with Crippen molar-refractivity contribution in [3.8, 4) is 56.3 Å². The van der Waals surface area contributed by atoms with Gasteiger partial charge < -0.3 is 38.5 Å². The number of hydrogen-bond acceptors (Lipinski definition) is 22. The zero-order valence-electron chi connectivity index (χ0n) is 83.4. The van der Waals surface area contributed by atoms with E-state index < -0.39 is 47.4 Å². The Kier molecular flexibility index (Phi) is 34.1. The molecule has 10 aromatic rings. The number of aliphatic carboxylic acids is 1. The lowest BCUT2D eigenvalue weighted by Crippen LogP contribution is -2.41. The molecule has 1 saturated heterocycles. The van der Waals surface area contributed by atoms with Crippen molar-refractivity contribution in [2.75, 3.05) is 14.2 Å². The van der Waals surface area contributed by atoms with Crippen LogP contribution in [-0.4, -0.2) is 133 Å². The number of esters is 2. The first-order chi connectivity index (χ1) is 62.7. The summed E-state index contributed by atoms with van der Waals surface area (Å²) in [7, 11) is 11.6. The van der Waals surface area contributed by atoms with Crippen LogP contribution in [0.5, 0.6) is 0 Å². The first kappa shape index (κ1) is 106. The largest absolute Gasteiger partial charge is 0.490 e. The van der Waals surface area contributed by atoms with Crippen LogP contribution in [0.1, 0.15) is 313 Å². The molecule has 3 unspecified atom stereocenters. The smallest absolute Gasteiger partial charge is 0.479 e. The topological polar surface area (TPSA) is 270 Å². The van der Waals surface area contributed by atoms with Gasteiger partial charge in [0.15, 0.2) is 30.9 Å². The number of aliphatic hydroxyl groups excluding tert-OH is 1. The van der Waals surface area contributed by atoms with E-state index in [2.05, 4.69) is 192 Å². The number of carbonyl (C=O) groups excluding carboxylic acids is 4. The highest BCUT2D eigenvalue weighted by molar-refractivity contribution is 9.10. The first-order valence-electron chi connectivity index (χ1n) is 46.0. The summed E-state index contributed by atoms with van der Waals surface area (Å²) in [6.07, 6.45) is 25.5. The van der Waals surface area contributed by atoms with Crippen molar-refractivity contribution in [1.29, 1.82) is 0 Å². The van der Waals surface area contributed by atoms with Crippen molar-refractivity contribution >= 4 is 133 Å². The predicted molar refractivity (Wildman–Crippen MR) is 549 cm³/mol. The fourth-order valence-electron chi connectivity index (χ4n) is 17.1. The van der Waals surface area contributed by atoms with E-state index in [4.69, 9.17) is 38.5 Å². The highest BCUT2D eigenvalue weighted by Gasteiger charge is 2.53. The highest BCUT2D eigenvalue weighted by atomic mass is 79.9. The van der Waals surface area contributed by atoms with Crippen LogP contribution in [0.4, 0.5) is 0 Å². The van der Waals surface area contributed by atoms with E-state index in [1.807, 2.05) is 113 Å². The molecule has 0 saturated carbocycles. The lowest BCUT2D eigenvalue weighted by molar-refractivity contribution is -0.165. The maximum atomic E-state index is 12.8. The molecule has 0 aromatic carbocycles. The normalized spacial score (nSPS) is 18.6. The minimum absolute atomic E-state index is 0.129. The summed E-state index contributed by atoms with van der Waals surface area (Å²) in [5.74, 6) is -2.07. The molecule has 134 heavy (non-hydrogen) atoms. The Bertz CT molecular complexity index is 5890. The van der Waals surface area contributed by atoms with Crippen molar-refractivity contribution in [2.45, 2.75) is 276 Å². The SMILES string of the molecule is CC1(C)CC=C(B2OC(C)(C)C(C)(C)O2)CC1.COC(=O)C(O)c1c(C2=CCC(C)(C)CC2)c(-c2ccsc2)nn1C.COC(=O)C(OC(C)(C)C)c1c(C2=CCC(C)(C)CC2)c(-c2ccsc2)nn1C.Cn1nc(-c2ccsc2)c(Br)c1C=O.Cn1nc(-c2ccsc2)c(C2=CCC(C)(C)CC2)c1C(OC(C)(C)C)C(=O)O.Cn1nc(-c2ccsc2)c(C2=CCC(C)(C)CC2)c1C=O. The minimum atomic E-state index is -1.35. The average molecular weight is 1990 g/mol. The van der Waals surface area contributed by atoms with Crippen LogP contribution in [0.2, 0.25) is 0 Å². The average Bonchev–Trinajstić information content (AvgIpc) is 1.61. The number of ether oxygens (including phenoxy) is 4. The van der Waals surface area contributed by atoms with Gasteiger partial charge in [0.25, 0.3) is 0 Å². The van der Waals surface area contributed by atoms with Crippen LogP contribution in [-0.2, 0) is 77.9 Å². The van der Waals surface area contributed by atoms with E-state index in [0.717, 1.165) is 197 Å². The zero-order chi connectivity index (χ0) is 98.3. The molecule has 722 valence electrons. The maximum absolute atomic E-state index is 12.8. The number of carboxylic acid groups (broad SMARTS) is 1. The molecule has 16 rings (SSSR count). The molecule has 30 heteroatoms. The van der Waals surface area contributed by atoms with Crippen molar-refractivity contribution in [3.63, 3.8) is 0 Å². The number of hydrogen-bond donors (Lipinski definition) is 2. The highest BCUT2D eigenvalue weighted by Crippen LogP contribution is 2.51. The van der Waals surface area contributed by atoms with E-state index in [9.17, 15) is 34.2 Å². The third-order valence-corrected chi connectivity index (χ3v) is 30.3. The number of methoxy groups -OCH3 is 2. The van der Waals surface area contributed by atoms with Crippen LogP contribution in [0.15, 0.2) is 124 Å². The molecule has 1 aliphatic heterocycles. The van der Waals surface area contributed by atoms with Gasteiger partial charge in [-0.3, -0.25) is 33.0 Å². The molecular formula is C104H138BBrN10O13S5. The number of thiophene rings is 5. The summed E-state index contributed by atoms with van der Waals surface area (Å²) >= 11 is 11.5. The Morgan fingerprint density at radius 3 is 1.01 bits per heavy atom. The minimum Gasteiger partial charge on any atom is -0.479 e. The number of aromatic nitrogens is 10. The molecule has 6 aliphatic rings. The van der Waals surface area contributed by atoms with E-state index >= 15 is 0 Å². The Morgan fingerprint density at radius 2 is 0.716 bits per heavy atom. The Labute approximate surface area is 821 Å². The second kappa shape index (κ2) is 43.2. The third kappa shape index (κ3) is 25.8. The van der Waals surface area contributed by atoms with Gasteiger partial charge in [0.1, 0.15) is 39.9 Å².